The topological polar surface area (TPSA) is 20.3 Å². The zero-order chi connectivity index (χ0) is 12.3. The van der Waals surface area contributed by atoms with E-state index >= 15 is 0 Å². The second-order valence-corrected chi connectivity index (χ2v) is 4.96. The van der Waals surface area contributed by atoms with E-state index in [2.05, 4.69) is 0 Å². The van der Waals surface area contributed by atoms with Crippen molar-refractivity contribution in [2.24, 2.45) is 0 Å². The number of nitrogens with zero attached hydrogens (tertiary/aromatic N) is 1. The van der Waals surface area contributed by atoms with Gasteiger partial charge in [0.25, 0.3) is 5.91 Å². The summed E-state index contributed by atoms with van der Waals surface area (Å²) in [4.78, 5) is 13.8. The van der Waals surface area contributed by atoms with Crippen LogP contribution in [0.3, 0.4) is 0 Å². The van der Waals surface area contributed by atoms with Crippen LogP contribution < -0.4 is 0 Å². The van der Waals surface area contributed by atoms with Crippen LogP contribution in [0.5, 0.6) is 0 Å². The number of rotatable bonds is 3. The van der Waals surface area contributed by atoms with Gasteiger partial charge in [0.05, 0.1) is 0 Å². The van der Waals surface area contributed by atoms with Gasteiger partial charge in [-0.2, -0.15) is 0 Å². The van der Waals surface area contributed by atoms with Crippen LogP contribution in [0.25, 0.3) is 0 Å². The van der Waals surface area contributed by atoms with E-state index in [0.29, 0.717) is 6.54 Å². The van der Waals surface area contributed by atoms with Gasteiger partial charge in [-0.15, -0.1) is 11.6 Å². The van der Waals surface area contributed by atoms with Gasteiger partial charge in [0.2, 0.25) is 0 Å². The molecule has 0 N–H and O–H groups in total. The number of halogens is 1. The molecular formula is C13H18ClNO. The van der Waals surface area contributed by atoms with Crippen molar-refractivity contribution in [2.45, 2.75) is 26.1 Å². The Morgan fingerprint density at radius 3 is 2.62 bits per heavy atom. The Balaban J connectivity index is 2.92. The summed E-state index contributed by atoms with van der Waals surface area (Å²) >= 11 is 5.88. The van der Waals surface area contributed by atoms with E-state index in [1.165, 1.54) is 0 Å². The lowest BCUT2D eigenvalue weighted by atomic mass is 10.0. The molecule has 0 saturated heterocycles. The smallest absolute Gasteiger partial charge is 0.253 e. The number of hydrogen-bond acceptors (Lipinski definition) is 1. The molecule has 2 nitrogen and oxygen atoms in total. The van der Waals surface area contributed by atoms with Crippen molar-refractivity contribution < 1.29 is 4.79 Å². The van der Waals surface area contributed by atoms with Gasteiger partial charge in [-0.05, 0) is 38.0 Å². The van der Waals surface area contributed by atoms with E-state index in [4.69, 9.17) is 11.6 Å². The summed E-state index contributed by atoms with van der Waals surface area (Å²) < 4.78 is 0. The van der Waals surface area contributed by atoms with Crippen LogP contribution in [0, 0.1) is 13.8 Å². The van der Waals surface area contributed by atoms with E-state index in [1.807, 2.05) is 39.0 Å². The zero-order valence-electron chi connectivity index (χ0n) is 10.2. The molecule has 3 heteroatoms. The lowest BCUT2D eigenvalue weighted by Crippen LogP contribution is -2.31. The number of alkyl halides is 1. The molecule has 0 saturated carbocycles. The van der Waals surface area contributed by atoms with Crippen LogP contribution in [-0.4, -0.2) is 29.8 Å². The Morgan fingerprint density at radius 1 is 1.44 bits per heavy atom. The predicted octanol–water partition coefficient (Wildman–Crippen LogP) is 3.00. The summed E-state index contributed by atoms with van der Waals surface area (Å²) in [7, 11) is 1.78. The van der Waals surface area contributed by atoms with Gasteiger partial charge in [0.1, 0.15) is 0 Å². The van der Waals surface area contributed by atoms with E-state index in [9.17, 15) is 4.79 Å². The van der Waals surface area contributed by atoms with Gasteiger partial charge in [0.15, 0.2) is 0 Å². The van der Waals surface area contributed by atoms with Gasteiger partial charge in [0, 0.05) is 24.5 Å². The fraction of sp³-hybridized carbons (Fsp3) is 0.462. The third kappa shape index (κ3) is 2.99. The van der Waals surface area contributed by atoms with Crippen molar-refractivity contribution in [2.75, 3.05) is 13.6 Å². The van der Waals surface area contributed by atoms with Crippen LogP contribution in [0.15, 0.2) is 18.2 Å². The van der Waals surface area contributed by atoms with E-state index in [0.717, 1.165) is 16.7 Å². The summed E-state index contributed by atoms with van der Waals surface area (Å²) in [6, 6.07) is 5.78. The Morgan fingerprint density at radius 2 is 2.06 bits per heavy atom. The molecule has 0 aliphatic carbocycles. The highest BCUT2D eigenvalue weighted by molar-refractivity contribution is 6.20. The van der Waals surface area contributed by atoms with Crippen molar-refractivity contribution in [3.05, 3.63) is 34.9 Å². The minimum Gasteiger partial charge on any atom is -0.340 e. The largest absolute Gasteiger partial charge is 0.340 e. The van der Waals surface area contributed by atoms with Crippen molar-refractivity contribution >= 4 is 17.5 Å². The highest BCUT2D eigenvalue weighted by atomic mass is 35.5. The van der Waals surface area contributed by atoms with Gasteiger partial charge in [-0.3, -0.25) is 4.79 Å². The van der Waals surface area contributed by atoms with E-state index in [-0.39, 0.29) is 11.3 Å². The molecule has 0 radical (unpaired) electrons. The second kappa shape index (κ2) is 5.35. The number of aryl methyl sites for hydroxylation is 1. The fourth-order valence-electron chi connectivity index (χ4n) is 1.65. The lowest BCUT2D eigenvalue weighted by molar-refractivity contribution is 0.0795. The molecule has 88 valence electrons. The van der Waals surface area contributed by atoms with Crippen molar-refractivity contribution in [3.63, 3.8) is 0 Å². The van der Waals surface area contributed by atoms with Crippen LogP contribution in [0.2, 0.25) is 0 Å². The maximum Gasteiger partial charge on any atom is 0.253 e. The summed E-state index contributed by atoms with van der Waals surface area (Å²) in [5, 5.41) is -0.0286. The Bertz CT molecular complexity index is 388. The van der Waals surface area contributed by atoms with E-state index in [1.54, 1.807) is 11.9 Å². The van der Waals surface area contributed by atoms with Gasteiger partial charge < -0.3 is 4.90 Å². The third-order valence-electron chi connectivity index (χ3n) is 2.71. The quantitative estimate of drug-likeness (QED) is 0.743. The van der Waals surface area contributed by atoms with Gasteiger partial charge in [-0.25, -0.2) is 0 Å². The van der Waals surface area contributed by atoms with Gasteiger partial charge >= 0.3 is 0 Å². The number of carbonyl (C=O) groups excluding carboxylic acids is 1. The number of hydrogen-bond donors (Lipinski definition) is 0. The molecule has 0 aromatic heterocycles. The molecule has 1 rings (SSSR count). The first-order valence-corrected chi connectivity index (χ1v) is 5.83. The first-order valence-electron chi connectivity index (χ1n) is 5.39. The normalized spacial score (nSPS) is 12.3. The first kappa shape index (κ1) is 13.0. The lowest BCUT2D eigenvalue weighted by Gasteiger charge is -2.20. The van der Waals surface area contributed by atoms with Crippen molar-refractivity contribution in [3.8, 4) is 0 Å². The van der Waals surface area contributed by atoms with Crippen molar-refractivity contribution in [1.82, 2.24) is 4.90 Å². The fourth-order valence-corrected chi connectivity index (χ4v) is 1.86. The summed E-state index contributed by atoms with van der Waals surface area (Å²) in [6.07, 6.45) is 0. The molecule has 0 fully saturated rings. The SMILES string of the molecule is Cc1cccc(C(=O)N(C)CC(C)Cl)c1C. The molecule has 1 amide bonds. The Labute approximate surface area is 102 Å². The maximum absolute atomic E-state index is 12.1. The molecule has 0 bridgehead atoms. The standard InChI is InChI=1S/C13H18ClNO/c1-9-6-5-7-12(11(9)3)13(16)15(4)8-10(2)14/h5-7,10H,8H2,1-4H3. The van der Waals surface area contributed by atoms with Crippen LogP contribution >= 0.6 is 11.6 Å². The van der Waals surface area contributed by atoms with Crippen LogP contribution in [-0.2, 0) is 0 Å². The third-order valence-corrected chi connectivity index (χ3v) is 2.85. The highest BCUT2D eigenvalue weighted by Crippen LogP contribution is 2.14. The molecule has 1 unspecified atom stereocenters. The monoisotopic (exact) mass is 239 g/mol. The highest BCUT2D eigenvalue weighted by Gasteiger charge is 2.15. The van der Waals surface area contributed by atoms with Crippen LogP contribution in [0.4, 0.5) is 0 Å². The van der Waals surface area contributed by atoms with Crippen LogP contribution in [0.1, 0.15) is 28.4 Å². The Kier molecular flexibility index (Phi) is 4.36. The van der Waals surface area contributed by atoms with Crippen molar-refractivity contribution in [1.29, 1.82) is 0 Å². The molecule has 16 heavy (non-hydrogen) atoms. The first-order chi connectivity index (χ1) is 7.43. The average Bonchev–Trinajstić information content (AvgIpc) is 2.20. The predicted molar refractivity (Wildman–Crippen MR) is 68.2 cm³/mol. The number of amides is 1. The minimum atomic E-state index is -0.0286. The summed E-state index contributed by atoms with van der Waals surface area (Å²) in [5.74, 6) is 0.0358. The zero-order valence-corrected chi connectivity index (χ0v) is 11.0. The summed E-state index contributed by atoms with van der Waals surface area (Å²) in [5.41, 5.74) is 2.94. The number of carbonyl (C=O) groups is 1. The minimum absolute atomic E-state index is 0.0286. The summed E-state index contributed by atoms with van der Waals surface area (Å²) in [6.45, 7) is 6.43. The molecule has 1 aromatic rings. The molecule has 1 atom stereocenters. The molecule has 0 aliphatic rings. The van der Waals surface area contributed by atoms with E-state index < -0.39 is 0 Å². The second-order valence-electron chi connectivity index (χ2n) is 4.21. The maximum atomic E-state index is 12.1. The Hall–Kier alpha value is -1.02. The molecule has 0 spiro atoms. The molecule has 1 aromatic carbocycles. The average molecular weight is 240 g/mol. The molecular weight excluding hydrogens is 222 g/mol. The molecule has 0 aliphatic heterocycles. The molecule has 0 heterocycles. The van der Waals surface area contributed by atoms with Gasteiger partial charge in [-0.1, -0.05) is 12.1 Å². The number of benzene rings is 1.